The van der Waals surface area contributed by atoms with Crippen molar-refractivity contribution in [3.05, 3.63) is 69.6 Å². The largest absolute Gasteiger partial charge is 0.364 e. The maximum atomic E-state index is 13.5. The van der Waals surface area contributed by atoms with Crippen LogP contribution in [0.5, 0.6) is 0 Å². The number of nitrogens with zero attached hydrogens (tertiary/aromatic N) is 3. The van der Waals surface area contributed by atoms with Crippen LogP contribution in [0, 0.1) is 5.82 Å². The van der Waals surface area contributed by atoms with E-state index in [4.69, 9.17) is 23.2 Å². The van der Waals surface area contributed by atoms with Crippen molar-refractivity contribution in [1.82, 2.24) is 9.80 Å². The van der Waals surface area contributed by atoms with Gasteiger partial charge >= 0.3 is 0 Å². The normalized spacial score (nSPS) is 18.0. The number of amides is 2. The second kappa shape index (κ2) is 8.38. The molecule has 0 aliphatic carbocycles. The summed E-state index contributed by atoms with van der Waals surface area (Å²) in [6, 6.07) is 10.2. The Labute approximate surface area is 184 Å². The number of likely N-dealkylation sites (N-methyl/N-ethyl adjacent to an activating group) is 1. The lowest BCUT2D eigenvalue weighted by Crippen LogP contribution is -2.47. The van der Waals surface area contributed by atoms with Crippen LogP contribution < -0.4 is 4.90 Å². The Morgan fingerprint density at radius 1 is 0.900 bits per heavy atom. The lowest BCUT2D eigenvalue weighted by molar-refractivity contribution is -0.120. The summed E-state index contributed by atoms with van der Waals surface area (Å²) in [4.78, 5) is 32.2. The molecule has 2 aromatic rings. The fourth-order valence-electron chi connectivity index (χ4n) is 3.88. The molecule has 2 amide bonds. The zero-order valence-corrected chi connectivity index (χ0v) is 17.9. The molecule has 2 heterocycles. The van der Waals surface area contributed by atoms with E-state index in [9.17, 15) is 14.0 Å². The van der Waals surface area contributed by atoms with Gasteiger partial charge in [0.25, 0.3) is 11.8 Å². The highest BCUT2D eigenvalue weighted by Crippen LogP contribution is 2.37. The van der Waals surface area contributed by atoms with Gasteiger partial charge in [-0.15, -0.1) is 0 Å². The van der Waals surface area contributed by atoms with Gasteiger partial charge in [0.1, 0.15) is 11.5 Å². The summed E-state index contributed by atoms with van der Waals surface area (Å²) in [5, 5.41) is 0.651. The van der Waals surface area contributed by atoms with Crippen LogP contribution >= 0.6 is 23.2 Å². The Kier molecular flexibility index (Phi) is 5.82. The van der Waals surface area contributed by atoms with Gasteiger partial charge in [-0.05, 0) is 42.4 Å². The van der Waals surface area contributed by atoms with Crippen molar-refractivity contribution in [2.24, 2.45) is 0 Å². The molecule has 5 nitrogen and oxygen atoms in total. The first-order valence-electron chi connectivity index (χ1n) is 9.71. The van der Waals surface area contributed by atoms with Crippen molar-refractivity contribution in [2.45, 2.75) is 6.92 Å². The topological polar surface area (TPSA) is 43.9 Å². The van der Waals surface area contributed by atoms with Gasteiger partial charge in [-0.2, -0.15) is 0 Å². The highest BCUT2D eigenvalue weighted by Gasteiger charge is 2.43. The Morgan fingerprint density at radius 3 is 2.07 bits per heavy atom. The third-order valence-corrected chi connectivity index (χ3v) is 5.87. The highest BCUT2D eigenvalue weighted by molar-refractivity contribution is 6.46. The zero-order valence-electron chi connectivity index (χ0n) is 16.4. The first-order chi connectivity index (χ1) is 14.4. The van der Waals surface area contributed by atoms with E-state index < -0.39 is 17.6 Å². The van der Waals surface area contributed by atoms with E-state index in [0.29, 0.717) is 40.1 Å². The molecule has 0 spiro atoms. The van der Waals surface area contributed by atoms with Crippen molar-refractivity contribution >= 4 is 46.3 Å². The van der Waals surface area contributed by atoms with Gasteiger partial charge < -0.3 is 9.80 Å². The van der Waals surface area contributed by atoms with Gasteiger partial charge in [0.2, 0.25) is 0 Å². The van der Waals surface area contributed by atoms with E-state index in [1.54, 1.807) is 0 Å². The van der Waals surface area contributed by atoms with Crippen LogP contribution in [-0.4, -0.2) is 54.3 Å². The molecule has 156 valence electrons. The predicted octanol–water partition coefficient (Wildman–Crippen LogP) is 4.05. The van der Waals surface area contributed by atoms with E-state index in [1.807, 2.05) is 4.90 Å². The lowest BCUT2D eigenvalue weighted by Gasteiger charge is -2.36. The summed E-state index contributed by atoms with van der Waals surface area (Å²) in [5.74, 6) is -1.31. The zero-order chi connectivity index (χ0) is 21.4. The lowest BCUT2D eigenvalue weighted by atomic mass is 10.0. The van der Waals surface area contributed by atoms with Crippen LogP contribution in [0.1, 0.15) is 12.5 Å². The third-order valence-electron chi connectivity index (χ3n) is 5.43. The molecule has 1 saturated heterocycles. The quantitative estimate of drug-likeness (QED) is 0.662. The number of hydrogen-bond donors (Lipinski definition) is 0. The number of halogens is 3. The maximum Gasteiger partial charge on any atom is 0.282 e. The van der Waals surface area contributed by atoms with Gasteiger partial charge in [0.05, 0.1) is 11.3 Å². The molecule has 8 heteroatoms. The second-order valence-electron chi connectivity index (χ2n) is 7.23. The first kappa shape index (κ1) is 20.8. The number of carbonyl (C=O) groups excluding carboxylic acids is 2. The van der Waals surface area contributed by atoms with Gasteiger partial charge in [-0.25, -0.2) is 9.29 Å². The number of rotatable bonds is 4. The predicted molar refractivity (Wildman–Crippen MR) is 116 cm³/mol. The van der Waals surface area contributed by atoms with Crippen LogP contribution in [0.3, 0.4) is 0 Å². The molecule has 2 aromatic carbocycles. The molecule has 0 radical (unpaired) electrons. The van der Waals surface area contributed by atoms with Crippen molar-refractivity contribution in [3.63, 3.8) is 0 Å². The standard InChI is InChI=1S/C22H20Cl2FN3O2/c1-2-26-7-9-27(10-8-26)20-19(14-3-5-17(25)6-4-14)21(29)28(22(20)30)18-12-15(23)11-16(24)13-18/h3-6,11-13H,2,7-10H2,1H3. The summed E-state index contributed by atoms with van der Waals surface area (Å²) < 4.78 is 13.5. The van der Waals surface area contributed by atoms with Gasteiger partial charge in [-0.3, -0.25) is 9.59 Å². The fourth-order valence-corrected chi connectivity index (χ4v) is 4.39. The average Bonchev–Trinajstić information content (AvgIpc) is 2.98. The van der Waals surface area contributed by atoms with E-state index >= 15 is 0 Å². The number of imide groups is 1. The van der Waals surface area contributed by atoms with Crippen molar-refractivity contribution in [3.8, 4) is 0 Å². The number of benzene rings is 2. The minimum atomic E-state index is -0.474. The number of anilines is 1. The molecule has 0 N–H and O–H groups in total. The van der Waals surface area contributed by atoms with Gasteiger partial charge in [-0.1, -0.05) is 42.3 Å². The minimum Gasteiger partial charge on any atom is -0.364 e. The monoisotopic (exact) mass is 447 g/mol. The highest BCUT2D eigenvalue weighted by atomic mass is 35.5. The molecule has 2 aliphatic heterocycles. The van der Waals surface area contributed by atoms with Gasteiger partial charge in [0, 0.05) is 36.2 Å². The molecule has 30 heavy (non-hydrogen) atoms. The van der Waals surface area contributed by atoms with Crippen LogP contribution in [0.2, 0.25) is 10.0 Å². The molecular weight excluding hydrogens is 428 g/mol. The number of carbonyl (C=O) groups is 2. The first-order valence-corrected chi connectivity index (χ1v) is 10.5. The van der Waals surface area contributed by atoms with Crippen LogP contribution in [-0.2, 0) is 9.59 Å². The van der Waals surface area contributed by atoms with E-state index in [0.717, 1.165) is 24.5 Å². The smallest absolute Gasteiger partial charge is 0.282 e. The third kappa shape index (κ3) is 3.83. The molecular formula is C22H20Cl2FN3O2. The summed E-state index contributed by atoms with van der Waals surface area (Å²) >= 11 is 12.2. The van der Waals surface area contributed by atoms with Crippen molar-refractivity contribution < 1.29 is 14.0 Å². The van der Waals surface area contributed by atoms with Gasteiger partial charge in [0.15, 0.2) is 0 Å². The summed E-state index contributed by atoms with van der Waals surface area (Å²) in [7, 11) is 0. The average molecular weight is 448 g/mol. The SMILES string of the molecule is CCN1CCN(C2=C(c3ccc(F)cc3)C(=O)N(c3cc(Cl)cc(Cl)c3)C2=O)CC1. The molecule has 4 rings (SSSR count). The maximum absolute atomic E-state index is 13.5. The van der Waals surface area contributed by atoms with Crippen molar-refractivity contribution in [1.29, 1.82) is 0 Å². The Hall–Kier alpha value is -2.41. The fraction of sp³-hybridized carbons (Fsp3) is 0.273. The van der Waals surface area contributed by atoms with E-state index in [-0.39, 0.29) is 5.57 Å². The van der Waals surface area contributed by atoms with Crippen molar-refractivity contribution in [2.75, 3.05) is 37.6 Å². The molecule has 2 aliphatic rings. The Morgan fingerprint density at radius 2 is 1.50 bits per heavy atom. The molecule has 0 saturated carbocycles. The van der Waals surface area contributed by atoms with Crippen LogP contribution in [0.15, 0.2) is 48.2 Å². The second-order valence-corrected chi connectivity index (χ2v) is 8.10. The number of hydrogen-bond acceptors (Lipinski definition) is 4. The summed E-state index contributed by atoms with van der Waals surface area (Å²) in [5.41, 5.74) is 1.40. The summed E-state index contributed by atoms with van der Waals surface area (Å²) in [6.07, 6.45) is 0. The Bertz CT molecular complexity index is 1010. The molecule has 0 aromatic heterocycles. The van der Waals surface area contributed by atoms with Crippen LogP contribution in [0.25, 0.3) is 5.57 Å². The molecule has 1 fully saturated rings. The minimum absolute atomic E-state index is 0.265. The molecule has 0 atom stereocenters. The van der Waals surface area contributed by atoms with E-state index in [1.165, 1.54) is 42.5 Å². The van der Waals surface area contributed by atoms with E-state index in [2.05, 4.69) is 11.8 Å². The Balaban J connectivity index is 1.79. The molecule has 0 bridgehead atoms. The van der Waals surface area contributed by atoms with Crippen LogP contribution in [0.4, 0.5) is 10.1 Å². The summed E-state index contributed by atoms with van der Waals surface area (Å²) in [6.45, 7) is 5.85. The molecule has 0 unspecified atom stereocenters. The number of piperazine rings is 1.